The topological polar surface area (TPSA) is 42.0 Å². The standard InChI is InChI=1S/C18H27BrN2O3/c1-14(13-23-16-7-5-15(19)6-8-16)20-9-11-21(12-10-20)17(22)24-18(2,3)4/h5-8,14H,9-13H2,1-4H3. The molecule has 0 spiro atoms. The number of ether oxygens (including phenoxy) is 2. The lowest BCUT2D eigenvalue weighted by Crippen LogP contribution is -2.53. The highest BCUT2D eigenvalue weighted by Crippen LogP contribution is 2.17. The van der Waals surface area contributed by atoms with Crippen molar-refractivity contribution in [3.63, 3.8) is 0 Å². The molecule has 1 aliphatic heterocycles. The van der Waals surface area contributed by atoms with Gasteiger partial charge in [0.05, 0.1) is 0 Å². The second kappa shape index (κ2) is 8.21. The van der Waals surface area contributed by atoms with Crippen LogP contribution in [0, 0.1) is 0 Å². The molecule has 6 heteroatoms. The van der Waals surface area contributed by atoms with E-state index in [-0.39, 0.29) is 6.09 Å². The molecule has 1 aromatic carbocycles. The van der Waals surface area contributed by atoms with Crippen molar-refractivity contribution in [2.24, 2.45) is 0 Å². The van der Waals surface area contributed by atoms with Crippen LogP contribution in [0.1, 0.15) is 27.7 Å². The van der Waals surface area contributed by atoms with Crippen LogP contribution in [0.4, 0.5) is 4.79 Å². The summed E-state index contributed by atoms with van der Waals surface area (Å²) >= 11 is 3.42. The number of hydrogen-bond donors (Lipinski definition) is 0. The van der Waals surface area contributed by atoms with Crippen LogP contribution in [-0.4, -0.2) is 60.3 Å². The maximum atomic E-state index is 12.1. The average Bonchev–Trinajstić information content (AvgIpc) is 2.52. The van der Waals surface area contributed by atoms with Gasteiger partial charge in [-0.1, -0.05) is 15.9 Å². The zero-order chi connectivity index (χ0) is 17.7. The highest BCUT2D eigenvalue weighted by molar-refractivity contribution is 9.10. The molecule has 5 nitrogen and oxygen atoms in total. The predicted octanol–water partition coefficient (Wildman–Crippen LogP) is 3.77. The predicted molar refractivity (Wildman–Crippen MR) is 98.5 cm³/mol. The number of benzene rings is 1. The maximum absolute atomic E-state index is 12.1. The van der Waals surface area contributed by atoms with Crippen LogP contribution in [0.25, 0.3) is 0 Å². The van der Waals surface area contributed by atoms with Gasteiger partial charge in [-0.05, 0) is 52.0 Å². The summed E-state index contributed by atoms with van der Waals surface area (Å²) in [5, 5.41) is 0. The molecule has 1 heterocycles. The summed E-state index contributed by atoms with van der Waals surface area (Å²) in [5.41, 5.74) is -0.444. The normalized spacial score (nSPS) is 17.5. The van der Waals surface area contributed by atoms with Crippen molar-refractivity contribution >= 4 is 22.0 Å². The van der Waals surface area contributed by atoms with E-state index < -0.39 is 5.60 Å². The van der Waals surface area contributed by atoms with E-state index in [9.17, 15) is 4.79 Å². The Hall–Kier alpha value is -1.27. The molecule has 2 rings (SSSR count). The van der Waals surface area contributed by atoms with E-state index in [0.29, 0.717) is 25.7 Å². The lowest BCUT2D eigenvalue weighted by molar-refractivity contribution is 0.00883. The molecular weight excluding hydrogens is 372 g/mol. The van der Waals surface area contributed by atoms with Gasteiger partial charge in [0.2, 0.25) is 0 Å². The molecule has 0 radical (unpaired) electrons. The molecule has 1 atom stereocenters. The highest BCUT2D eigenvalue weighted by atomic mass is 79.9. The Labute approximate surface area is 153 Å². The van der Waals surface area contributed by atoms with Crippen LogP contribution in [0.2, 0.25) is 0 Å². The van der Waals surface area contributed by atoms with Crippen molar-refractivity contribution in [2.45, 2.75) is 39.3 Å². The molecular formula is C18H27BrN2O3. The summed E-state index contributed by atoms with van der Waals surface area (Å²) < 4.78 is 12.3. The van der Waals surface area contributed by atoms with Gasteiger partial charge in [0, 0.05) is 36.7 Å². The molecule has 0 bridgehead atoms. The minimum Gasteiger partial charge on any atom is -0.492 e. The van der Waals surface area contributed by atoms with E-state index >= 15 is 0 Å². The lowest BCUT2D eigenvalue weighted by atomic mass is 10.2. The first-order valence-corrected chi connectivity index (χ1v) is 9.14. The quantitative estimate of drug-likeness (QED) is 0.773. The first-order valence-electron chi connectivity index (χ1n) is 8.35. The van der Waals surface area contributed by atoms with Crippen LogP contribution >= 0.6 is 15.9 Å². The number of halogens is 1. The average molecular weight is 399 g/mol. The van der Waals surface area contributed by atoms with Crippen molar-refractivity contribution in [1.82, 2.24) is 9.80 Å². The van der Waals surface area contributed by atoms with E-state index in [1.807, 2.05) is 45.0 Å². The number of rotatable bonds is 4. The maximum Gasteiger partial charge on any atom is 0.410 e. The molecule has 0 saturated carbocycles. The lowest BCUT2D eigenvalue weighted by Gasteiger charge is -2.38. The summed E-state index contributed by atoms with van der Waals surface area (Å²) in [5.74, 6) is 0.873. The first-order chi connectivity index (χ1) is 11.2. The minimum atomic E-state index is -0.444. The zero-order valence-electron chi connectivity index (χ0n) is 14.9. The number of hydrogen-bond acceptors (Lipinski definition) is 4. The van der Waals surface area contributed by atoms with Crippen molar-refractivity contribution in [1.29, 1.82) is 0 Å². The van der Waals surface area contributed by atoms with E-state index in [1.54, 1.807) is 4.90 Å². The molecule has 1 saturated heterocycles. The Bertz CT molecular complexity index is 534. The van der Waals surface area contributed by atoms with Crippen molar-refractivity contribution in [3.8, 4) is 5.75 Å². The third-order valence-electron chi connectivity index (χ3n) is 3.89. The largest absolute Gasteiger partial charge is 0.492 e. The number of carbonyl (C=O) groups excluding carboxylic acids is 1. The third kappa shape index (κ3) is 5.98. The number of carbonyl (C=O) groups is 1. The van der Waals surface area contributed by atoms with Gasteiger partial charge in [0.15, 0.2) is 0 Å². The second-order valence-corrected chi connectivity index (χ2v) is 8.03. The van der Waals surface area contributed by atoms with Crippen LogP contribution in [0.3, 0.4) is 0 Å². The Balaban J connectivity index is 1.75. The van der Waals surface area contributed by atoms with E-state index in [1.165, 1.54) is 0 Å². The summed E-state index contributed by atoms with van der Waals surface area (Å²) in [6.07, 6.45) is -0.221. The SMILES string of the molecule is CC(COc1ccc(Br)cc1)N1CCN(C(=O)OC(C)(C)C)CC1. The van der Waals surface area contributed by atoms with Crippen LogP contribution in [0.5, 0.6) is 5.75 Å². The molecule has 0 aliphatic carbocycles. The third-order valence-corrected chi connectivity index (χ3v) is 4.42. The van der Waals surface area contributed by atoms with E-state index in [4.69, 9.17) is 9.47 Å². The van der Waals surface area contributed by atoms with Gasteiger partial charge in [0.25, 0.3) is 0 Å². The molecule has 134 valence electrons. The van der Waals surface area contributed by atoms with Crippen LogP contribution in [-0.2, 0) is 4.74 Å². The van der Waals surface area contributed by atoms with Gasteiger partial charge in [0.1, 0.15) is 18.0 Å². The molecule has 1 aromatic rings. The van der Waals surface area contributed by atoms with Crippen LogP contribution in [0.15, 0.2) is 28.7 Å². The van der Waals surface area contributed by atoms with Gasteiger partial charge in [-0.15, -0.1) is 0 Å². The summed E-state index contributed by atoms with van der Waals surface area (Å²) in [6, 6.07) is 8.16. The minimum absolute atomic E-state index is 0.221. The Morgan fingerprint density at radius 1 is 1.17 bits per heavy atom. The fourth-order valence-electron chi connectivity index (χ4n) is 2.52. The fourth-order valence-corrected chi connectivity index (χ4v) is 2.79. The van der Waals surface area contributed by atoms with Gasteiger partial charge >= 0.3 is 6.09 Å². The van der Waals surface area contributed by atoms with Crippen molar-refractivity contribution in [2.75, 3.05) is 32.8 Å². The van der Waals surface area contributed by atoms with Crippen molar-refractivity contribution in [3.05, 3.63) is 28.7 Å². The monoisotopic (exact) mass is 398 g/mol. The van der Waals surface area contributed by atoms with Gasteiger partial charge in [-0.25, -0.2) is 4.79 Å². The van der Waals surface area contributed by atoms with Gasteiger partial charge in [-0.3, -0.25) is 4.90 Å². The summed E-state index contributed by atoms with van der Waals surface area (Å²) in [6.45, 7) is 11.5. The van der Waals surface area contributed by atoms with Gasteiger partial charge in [-0.2, -0.15) is 0 Å². The molecule has 1 unspecified atom stereocenters. The molecule has 1 fully saturated rings. The zero-order valence-corrected chi connectivity index (χ0v) is 16.5. The Kier molecular flexibility index (Phi) is 6.52. The Morgan fingerprint density at radius 2 is 1.75 bits per heavy atom. The Morgan fingerprint density at radius 3 is 2.29 bits per heavy atom. The fraction of sp³-hybridized carbons (Fsp3) is 0.611. The molecule has 24 heavy (non-hydrogen) atoms. The van der Waals surface area contributed by atoms with Gasteiger partial charge < -0.3 is 14.4 Å². The second-order valence-electron chi connectivity index (χ2n) is 7.12. The van der Waals surface area contributed by atoms with E-state index in [0.717, 1.165) is 23.3 Å². The summed E-state index contributed by atoms with van der Waals surface area (Å²) in [4.78, 5) is 16.2. The summed E-state index contributed by atoms with van der Waals surface area (Å²) in [7, 11) is 0. The molecule has 1 aliphatic rings. The molecule has 1 amide bonds. The van der Waals surface area contributed by atoms with Crippen molar-refractivity contribution < 1.29 is 14.3 Å². The molecule has 0 N–H and O–H groups in total. The smallest absolute Gasteiger partial charge is 0.410 e. The number of amides is 1. The first kappa shape index (κ1) is 19.1. The molecule has 0 aromatic heterocycles. The highest BCUT2D eigenvalue weighted by Gasteiger charge is 2.27. The number of piperazine rings is 1. The van der Waals surface area contributed by atoms with Crippen LogP contribution < -0.4 is 4.74 Å². The number of nitrogens with zero attached hydrogens (tertiary/aromatic N) is 2. The van der Waals surface area contributed by atoms with E-state index in [2.05, 4.69) is 27.8 Å².